The number of anilines is 1. The van der Waals surface area contributed by atoms with Gasteiger partial charge in [0.15, 0.2) is 0 Å². The molecule has 0 unspecified atom stereocenters. The number of amides is 2. The third-order valence-corrected chi connectivity index (χ3v) is 4.06. The molecule has 0 saturated heterocycles. The van der Waals surface area contributed by atoms with Crippen LogP contribution < -0.4 is 10.6 Å². The minimum atomic E-state index is -0.227. The van der Waals surface area contributed by atoms with Gasteiger partial charge in [-0.1, -0.05) is 24.3 Å². The van der Waals surface area contributed by atoms with Crippen molar-refractivity contribution in [3.8, 4) is 0 Å². The molecule has 4 nitrogen and oxygen atoms in total. The fourth-order valence-electron chi connectivity index (χ4n) is 3.00. The lowest BCUT2D eigenvalue weighted by Gasteiger charge is -2.15. The van der Waals surface area contributed by atoms with E-state index in [2.05, 4.69) is 28.8 Å². The summed E-state index contributed by atoms with van der Waals surface area (Å²) >= 11 is 0. The van der Waals surface area contributed by atoms with Crippen LogP contribution >= 0.6 is 0 Å². The van der Waals surface area contributed by atoms with Gasteiger partial charge in [0.2, 0.25) is 0 Å². The summed E-state index contributed by atoms with van der Waals surface area (Å²) < 4.78 is 0. The summed E-state index contributed by atoms with van der Waals surface area (Å²) in [5.74, 6) is 0. The van der Waals surface area contributed by atoms with Crippen LogP contribution in [0.15, 0.2) is 30.3 Å². The van der Waals surface area contributed by atoms with Gasteiger partial charge in [0, 0.05) is 18.0 Å². The normalized spacial score (nSPS) is 14.2. The van der Waals surface area contributed by atoms with Crippen LogP contribution in [0.4, 0.5) is 10.5 Å². The first kappa shape index (κ1) is 13.9. The monoisotopic (exact) mass is 284 g/mol. The van der Waals surface area contributed by atoms with E-state index in [9.17, 15) is 4.79 Å². The molecule has 0 aliphatic heterocycles. The van der Waals surface area contributed by atoms with E-state index in [4.69, 9.17) is 5.11 Å². The Morgan fingerprint density at radius 1 is 1.24 bits per heavy atom. The smallest absolute Gasteiger partial charge is 0.319 e. The predicted octanol–water partition coefficient (Wildman–Crippen LogP) is 2.83. The number of nitrogens with one attached hydrogen (secondary N) is 2. The van der Waals surface area contributed by atoms with Crippen LogP contribution in [0.5, 0.6) is 0 Å². The molecule has 0 saturated carbocycles. The van der Waals surface area contributed by atoms with Crippen molar-refractivity contribution in [2.45, 2.75) is 32.2 Å². The van der Waals surface area contributed by atoms with Crippen molar-refractivity contribution in [2.24, 2.45) is 0 Å². The van der Waals surface area contributed by atoms with Gasteiger partial charge < -0.3 is 15.7 Å². The third-order valence-electron chi connectivity index (χ3n) is 4.06. The Labute approximate surface area is 124 Å². The van der Waals surface area contributed by atoms with Gasteiger partial charge >= 0.3 is 6.03 Å². The van der Waals surface area contributed by atoms with E-state index in [1.807, 2.05) is 19.1 Å². The summed E-state index contributed by atoms with van der Waals surface area (Å²) in [6.07, 6.45) is 2.71. The predicted molar refractivity (Wildman–Crippen MR) is 84.7 cm³/mol. The standard InChI is InChI=1S/C17H20N2O2/c1-11(9-10-20)18-17(21)19-15-8-7-13-6-5-12-3-2-4-14(15)16(12)13/h2-4,7-8,11,20H,5-6,9-10H2,1H3,(H2,18,19,21)/t11-/m1/s1. The highest BCUT2D eigenvalue weighted by Gasteiger charge is 2.16. The van der Waals surface area contributed by atoms with Crippen molar-refractivity contribution in [1.29, 1.82) is 0 Å². The minimum Gasteiger partial charge on any atom is -0.396 e. The highest BCUT2D eigenvalue weighted by molar-refractivity contribution is 6.04. The van der Waals surface area contributed by atoms with Crippen LogP contribution in [0.25, 0.3) is 10.8 Å². The molecule has 3 N–H and O–H groups in total. The number of hydrogen-bond donors (Lipinski definition) is 3. The van der Waals surface area contributed by atoms with Crippen LogP contribution in [-0.4, -0.2) is 23.8 Å². The number of aryl methyl sites for hydroxylation is 2. The van der Waals surface area contributed by atoms with Crippen LogP contribution in [0, 0.1) is 0 Å². The van der Waals surface area contributed by atoms with Crippen LogP contribution in [0.1, 0.15) is 24.5 Å². The number of hydrogen-bond acceptors (Lipinski definition) is 2. The van der Waals surface area contributed by atoms with E-state index in [1.165, 1.54) is 16.5 Å². The van der Waals surface area contributed by atoms with Crippen molar-refractivity contribution >= 4 is 22.5 Å². The topological polar surface area (TPSA) is 61.4 Å². The molecule has 3 rings (SSSR count). The van der Waals surface area contributed by atoms with Crippen molar-refractivity contribution in [3.05, 3.63) is 41.5 Å². The largest absolute Gasteiger partial charge is 0.396 e. The Hall–Kier alpha value is -2.07. The van der Waals surface area contributed by atoms with Gasteiger partial charge in [-0.3, -0.25) is 0 Å². The Balaban J connectivity index is 1.84. The molecule has 2 aromatic rings. The highest BCUT2D eigenvalue weighted by atomic mass is 16.3. The van der Waals surface area contributed by atoms with E-state index in [-0.39, 0.29) is 18.7 Å². The number of carbonyl (C=O) groups is 1. The maximum atomic E-state index is 12.0. The second-order valence-corrected chi connectivity index (χ2v) is 5.62. The second-order valence-electron chi connectivity index (χ2n) is 5.62. The first-order valence-corrected chi connectivity index (χ1v) is 7.41. The number of rotatable bonds is 4. The molecular weight excluding hydrogens is 264 g/mol. The van der Waals surface area contributed by atoms with Crippen molar-refractivity contribution in [3.63, 3.8) is 0 Å². The average molecular weight is 284 g/mol. The van der Waals surface area contributed by atoms with Gasteiger partial charge in [-0.05, 0) is 48.8 Å². The van der Waals surface area contributed by atoms with Gasteiger partial charge in [-0.25, -0.2) is 4.79 Å². The Kier molecular flexibility index (Phi) is 3.80. The Bertz CT molecular complexity index is 672. The van der Waals surface area contributed by atoms with E-state index in [0.29, 0.717) is 6.42 Å². The molecular formula is C17H20N2O2. The second kappa shape index (κ2) is 5.74. The summed E-state index contributed by atoms with van der Waals surface area (Å²) in [6.45, 7) is 1.95. The van der Waals surface area contributed by atoms with Gasteiger partial charge in [0.25, 0.3) is 0 Å². The molecule has 21 heavy (non-hydrogen) atoms. The zero-order chi connectivity index (χ0) is 14.8. The summed E-state index contributed by atoms with van der Waals surface area (Å²) in [5, 5.41) is 17.0. The highest BCUT2D eigenvalue weighted by Crippen LogP contribution is 2.34. The molecule has 110 valence electrons. The molecule has 0 heterocycles. The zero-order valence-electron chi connectivity index (χ0n) is 12.1. The number of aliphatic hydroxyl groups is 1. The summed E-state index contributed by atoms with van der Waals surface area (Å²) in [4.78, 5) is 12.0. The summed E-state index contributed by atoms with van der Waals surface area (Å²) in [6, 6.07) is 10.1. The van der Waals surface area contributed by atoms with Gasteiger partial charge in [-0.2, -0.15) is 0 Å². The molecule has 2 aromatic carbocycles. The molecule has 1 atom stereocenters. The molecule has 0 fully saturated rings. The maximum absolute atomic E-state index is 12.0. The SMILES string of the molecule is C[C@H](CCO)NC(=O)Nc1ccc2c3c(cccc13)CC2. The Morgan fingerprint density at radius 3 is 2.76 bits per heavy atom. The van der Waals surface area contributed by atoms with E-state index < -0.39 is 0 Å². The first-order chi connectivity index (χ1) is 10.2. The van der Waals surface area contributed by atoms with E-state index >= 15 is 0 Å². The number of aliphatic hydroxyl groups excluding tert-OH is 1. The molecule has 0 spiro atoms. The van der Waals surface area contributed by atoms with Gasteiger partial charge in [0.1, 0.15) is 0 Å². The zero-order valence-corrected chi connectivity index (χ0v) is 12.1. The quantitative estimate of drug-likeness (QED) is 0.808. The van der Waals surface area contributed by atoms with Crippen LogP contribution in [0.3, 0.4) is 0 Å². The minimum absolute atomic E-state index is 0.0493. The third kappa shape index (κ3) is 2.72. The molecule has 2 amide bonds. The molecule has 1 aliphatic rings. The summed E-state index contributed by atoms with van der Waals surface area (Å²) in [7, 11) is 0. The molecule has 0 aromatic heterocycles. The fourth-order valence-corrected chi connectivity index (χ4v) is 3.00. The maximum Gasteiger partial charge on any atom is 0.319 e. The number of benzene rings is 2. The lowest BCUT2D eigenvalue weighted by atomic mass is 10.0. The fraction of sp³-hybridized carbons (Fsp3) is 0.353. The van der Waals surface area contributed by atoms with Gasteiger partial charge in [-0.15, -0.1) is 0 Å². The lowest BCUT2D eigenvalue weighted by molar-refractivity contribution is 0.241. The summed E-state index contributed by atoms with van der Waals surface area (Å²) in [5.41, 5.74) is 3.56. The van der Waals surface area contributed by atoms with E-state index in [1.54, 1.807) is 0 Å². The van der Waals surface area contributed by atoms with Crippen LogP contribution in [-0.2, 0) is 12.8 Å². The first-order valence-electron chi connectivity index (χ1n) is 7.41. The molecule has 0 radical (unpaired) electrons. The average Bonchev–Trinajstić information content (AvgIpc) is 2.87. The molecule has 1 aliphatic carbocycles. The van der Waals surface area contributed by atoms with Crippen molar-refractivity contribution < 1.29 is 9.90 Å². The van der Waals surface area contributed by atoms with Crippen LogP contribution in [0.2, 0.25) is 0 Å². The molecule has 0 bridgehead atoms. The lowest BCUT2D eigenvalue weighted by Crippen LogP contribution is -2.36. The molecule has 4 heteroatoms. The van der Waals surface area contributed by atoms with E-state index in [0.717, 1.165) is 23.9 Å². The van der Waals surface area contributed by atoms with Gasteiger partial charge in [0.05, 0.1) is 5.69 Å². The van der Waals surface area contributed by atoms with Crippen molar-refractivity contribution in [1.82, 2.24) is 5.32 Å². The number of carbonyl (C=O) groups excluding carboxylic acids is 1. The number of urea groups is 1. The Morgan fingerprint density at radius 2 is 2.00 bits per heavy atom. The van der Waals surface area contributed by atoms with Crippen molar-refractivity contribution in [2.75, 3.05) is 11.9 Å².